The minimum absolute atomic E-state index is 0.0762. The number of aromatic nitrogens is 3. The molecule has 1 rings (SSSR count). The number of carboxylic acids is 1. The molecule has 8 nitrogen and oxygen atoms in total. The predicted molar refractivity (Wildman–Crippen MR) is 67.6 cm³/mol. The summed E-state index contributed by atoms with van der Waals surface area (Å²) in [6, 6.07) is -0.720. The van der Waals surface area contributed by atoms with Crippen LogP contribution in [-0.4, -0.2) is 44.5 Å². The van der Waals surface area contributed by atoms with Gasteiger partial charge in [0.05, 0.1) is 6.42 Å². The third-order valence-electron chi connectivity index (χ3n) is 2.69. The zero-order valence-electron chi connectivity index (χ0n) is 11.1. The molecule has 0 aromatic carbocycles. The van der Waals surface area contributed by atoms with E-state index in [2.05, 4.69) is 20.8 Å². The number of aliphatic carboxylic acids is 1. The van der Waals surface area contributed by atoms with Crippen LogP contribution in [0, 0.1) is 0 Å². The van der Waals surface area contributed by atoms with Crippen molar-refractivity contribution < 1.29 is 14.7 Å². The zero-order valence-corrected chi connectivity index (χ0v) is 11.1. The highest BCUT2D eigenvalue weighted by atomic mass is 16.4. The Labute approximate surface area is 111 Å². The number of carbonyl (C=O) groups is 2. The van der Waals surface area contributed by atoms with Crippen LogP contribution in [0.3, 0.4) is 0 Å². The lowest BCUT2D eigenvalue weighted by Gasteiger charge is -2.15. The third-order valence-corrected chi connectivity index (χ3v) is 2.69. The molecule has 0 spiro atoms. The van der Waals surface area contributed by atoms with Crippen molar-refractivity contribution in [3.8, 4) is 0 Å². The molecule has 8 heteroatoms. The monoisotopic (exact) mass is 269 g/mol. The molecule has 3 N–H and O–H groups in total. The number of carboxylic acid groups (broad SMARTS) is 1. The minimum Gasteiger partial charge on any atom is -0.481 e. The van der Waals surface area contributed by atoms with Crippen LogP contribution in [0.5, 0.6) is 0 Å². The Morgan fingerprint density at radius 2 is 2.26 bits per heavy atom. The Bertz CT molecular complexity index is 432. The standard InChI is InChI=1S/C11H19N5O3/c1-3-8(6-10(17)18)14-11(19)12-5-4-9-15-13-7-16(9)2/h7-8H,3-6H2,1-2H3,(H,17,18)(H2,12,14,19). The molecule has 0 fully saturated rings. The number of rotatable bonds is 7. The van der Waals surface area contributed by atoms with Crippen molar-refractivity contribution >= 4 is 12.0 Å². The normalized spacial score (nSPS) is 11.9. The average molecular weight is 269 g/mol. The maximum absolute atomic E-state index is 11.5. The van der Waals surface area contributed by atoms with Crippen molar-refractivity contribution in [1.29, 1.82) is 0 Å². The Morgan fingerprint density at radius 1 is 1.53 bits per heavy atom. The molecular weight excluding hydrogens is 250 g/mol. The minimum atomic E-state index is -0.925. The molecule has 1 aromatic heterocycles. The number of urea groups is 1. The van der Waals surface area contributed by atoms with Crippen LogP contribution in [0.25, 0.3) is 0 Å². The largest absolute Gasteiger partial charge is 0.481 e. The van der Waals surface area contributed by atoms with Gasteiger partial charge in [-0.2, -0.15) is 0 Å². The van der Waals surface area contributed by atoms with Gasteiger partial charge in [-0.25, -0.2) is 4.79 Å². The number of aryl methyl sites for hydroxylation is 1. The molecule has 1 heterocycles. The number of hydrogen-bond acceptors (Lipinski definition) is 4. The molecule has 1 aromatic rings. The SMILES string of the molecule is CCC(CC(=O)O)NC(=O)NCCc1nncn1C. The number of hydrogen-bond donors (Lipinski definition) is 3. The highest BCUT2D eigenvalue weighted by Crippen LogP contribution is 1.97. The highest BCUT2D eigenvalue weighted by Gasteiger charge is 2.13. The van der Waals surface area contributed by atoms with Crippen LogP contribution in [0.15, 0.2) is 6.33 Å². The molecule has 0 bridgehead atoms. The number of nitrogens with one attached hydrogen (secondary N) is 2. The van der Waals surface area contributed by atoms with Gasteiger partial charge in [0.15, 0.2) is 0 Å². The van der Waals surface area contributed by atoms with Crippen LogP contribution in [0.2, 0.25) is 0 Å². The Kier molecular flexibility index (Phi) is 5.77. The van der Waals surface area contributed by atoms with E-state index in [1.165, 1.54) is 0 Å². The van der Waals surface area contributed by atoms with Crippen LogP contribution >= 0.6 is 0 Å². The molecule has 2 amide bonds. The summed E-state index contributed by atoms with van der Waals surface area (Å²) in [5.74, 6) is -0.149. The third kappa shape index (κ3) is 5.36. The number of carbonyl (C=O) groups excluding carboxylic acids is 1. The summed E-state index contributed by atoms with van der Waals surface area (Å²) >= 11 is 0. The fourth-order valence-corrected chi connectivity index (χ4v) is 1.57. The summed E-state index contributed by atoms with van der Waals surface area (Å²) in [4.78, 5) is 22.1. The van der Waals surface area contributed by atoms with Gasteiger partial charge >= 0.3 is 12.0 Å². The molecule has 1 atom stereocenters. The van der Waals surface area contributed by atoms with E-state index in [1.54, 1.807) is 10.9 Å². The Hall–Kier alpha value is -2.12. The molecule has 1 unspecified atom stereocenters. The summed E-state index contributed by atoms with van der Waals surface area (Å²) in [5.41, 5.74) is 0. The summed E-state index contributed by atoms with van der Waals surface area (Å²) in [5, 5.41) is 21.6. The maximum Gasteiger partial charge on any atom is 0.315 e. The first-order valence-electron chi connectivity index (χ1n) is 6.12. The molecular formula is C11H19N5O3. The van der Waals surface area contributed by atoms with Crippen LogP contribution in [-0.2, 0) is 18.3 Å². The van der Waals surface area contributed by atoms with Crippen LogP contribution in [0.4, 0.5) is 4.79 Å². The fourth-order valence-electron chi connectivity index (χ4n) is 1.57. The van der Waals surface area contributed by atoms with Gasteiger partial charge in [0.1, 0.15) is 12.2 Å². The second-order valence-electron chi connectivity index (χ2n) is 4.21. The van der Waals surface area contributed by atoms with E-state index in [9.17, 15) is 9.59 Å². The summed E-state index contributed by atoms with van der Waals surface area (Å²) in [6.07, 6.45) is 2.66. The number of amides is 2. The Balaban J connectivity index is 2.27. The molecule has 19 heavy (non-hydrogen) atoms. The first-order valence-corrected chi connectivity index (χ1v) is 6.12. The van der Waals surface area contributed by atoms with E-state index < -0.39 is 5.97 Å². The first-order chi connectivity index (χ1) is 9.02. The van der Waals surface area contributed by atoms with Crippen LogP contribution in [0.1, 0.15) is 25.6 Å². The second kappa shape index (κ2) is 7.34. The van der Waals surface area contributed by atoms with Gasteiger partial charge in [-0.3, -0.25) is 4.79 Å². The van der Waals surface area contributed by atoms with Crippen molar-refractivity contribution in [3.63, 3.8) is 0 Å². The molecule has 0 saturated heterocycles. The smallest absolute Gasteiger partial charge is 0.315 e. The molecule has 0 saturated carbocycles. The highest BCUT2D eigenvalue weighted by molar-refractivity contribution is 5.75. The summed E-state index contributed by atoms with van der Waals surface area (Å²) in [6.45, 7) is 2.25. The summed E-state index contributed by atoms with van der Waals surface area (Å²) in [7, 11) is 1.83. The zero-order chi connectivity index (χ0) is 14.3. The van der Waals surface area contributed by atoms with Crippen LogP contribution < -0.4 is 10.6 Å². The van der Waals surface area contributed by atoms with Gasteiger partial charge < -0.3 is 20.3 Å². The second-order valence-corrected chi connectivity index (χ2v) is 4.21. The van der Waals surface area contributed by atoms with Gasteiger partial charge in [0, 0.05) is 26.1 Å². The van der Waals surface area contributed by atoms with E-state index in [1.807, 2.05) is 14.0 Å². The van der Waals surface area contributed by atoms with Crippen molar-refractivity contribution in [2.75, 3.05) is 6.54 Å². The summed E-state index contributed by atoms with van der Waals surface area (Å²) < 4.78 is 1.78. The molecule has 0 aliphatic rings. The van der Waals surface area contributed by atoms with Gasteiger partial charge in [0.25, 0.3) is 0 Å². The average Bonchev–Trinajstić information content (AvgIpc) is 2.73. The van der Waals surface area contributed by atoms with Crippen molar-refractivity contribution in [1.82, 2.24) is 25.4 Å². The molecule has 0 radical (unpaired) electrons. The fraction of sp³-hybridized carbons (Fsp3) is 0.636. The molecule has 0 aliphatic heterocycles. The van der Waals surface area contributed by atoms with Crippen molar-refractivity contribution in [2.45, 2.75) is 32.2 Å². The van der Waals surface area contributed by atoms with E-state index in [-0.39, 0.29) is 18.5 Å². The van der Waals surface area contributed by atoms with E-state index in [0.29, 0.717) is 19.4 Å². The van der Waals surface area contributed by atoms with E-state index in [4.69, 9.17) is 5.11 Å². The van der Waals surface area contributed by atoms with Gasteiger partial charge in [-0.05, 0) is 6.42 Å². The van der Waals surface area contributed by atoms with Gasteiger partial charge in [-0.1, -0.05) is 6.92 Å². The number of nitrogens with zero attached hydrogens (tertiary/aromatic N) is 3. The molecule has 0 aliphatic carbocycles. The van der Waals surface area contributed by atoms with Gasteiger partial charge in [-0.15, -0.1) is 10.2 Å². The quantitative estimate of drug-likeness (QED) is 0.641. The van der Waals surface area contributed by atoms with Crippen molar-refractivity contribution in [3.05, 3.63) is 12.2 Å². The maximum atomic E-state index is 11.5. The lowest BCUT2D eigenvalue weighted by molar-refractivity contribution is -0.137. The van der Waals surface area contributed by atoms with E-state index in [0.717, 1.165) is 5.82 Å². The predicted octanol–water partition coefficient (Wildman–Crippen LogP) is -0.0899. The first kappa shape index (κ1) is 14.9. The lowest BCUT2D eigenvalue weighted by atomic mass is 10.1. The van der Waals surface area contributed by atoms with Crippen molar-refractivity contribution in [2.24, 2.45) is 7.05 Å². The topological polar surface area (TPSA) is 109 Å². The van der Waals surface area contributed by atoms with E-state index >= 15 is 0 Å². The lowest BCUT2D eigenvalue weighted by Crippen LogP contribution is -2.43. The molecule has 106 valence electrons. The Morgan fingerprint density at radius 3 is 2.79 bits per heavy atom. The van der Waals surface area contributed by atoms with Gasteiger partial charge in [0.2, 0.25) is 0 Å².